The Morgan fingerprint density at radius 3 is 2.29 bits per heavy atom. The fraction of sp³-hybridized carbons (Fsp3) is 0.235. The van der Waals surface area contributed by atoms with E-state index in [4.69, 9.17) is 32.7 Å². The molecule has 0 aliphatic heterocycles. The van der Waals surface area contributed by atoms with E-state index < -0.39 is 11.9 Å². The number of nitrogens with zero attached hydrogens (tertiary/aromatic N) is 1. The third-order valence-electron chi connectivity index (χ3n) is 3.05. The van der Waals surface area contributed by atoms with E-state index in [1.807, 2.05) is 0 Å². The monoisotopic (exact) mass is 367 g/mol. The summed E-state index contributed by atoms with van der Waals surface area (Å²) in [5, 5.41) is 1.44. The van der Waals surface area contributed by atoms with Crippen LogP contribution in [0.2, 0.25) is 10.2 Å². The minimum absolute atomic E-state index is 0.135. The Hall–Kier alpha value is -2.11. The molecular weight excluding hydrogens is 353 g/mol. The molecule has 5 nitrogen and oxygen atoms in total. The van der Waals surface area contributed by atoms with Crippen molar-refractivity contribution in [3.05, 3.63) is 45.6 Å². The number of fused-ring (bicyclic) bond motifs is 1. The maximum absolute atomic E-state index is 12.0. The van der Waals surface area contributed by atoms with Gasteiger partial charge in [-0.05, 0) is 38.1 Å². The van der Waals surface area contributed by atoms with Gasteiger partial charge in [0, 0.05) is 16.0 Å². The lowest BCUT2D eigenvalue weighted by Crippen LogP contribution is -2.18. The summed E-state index contributed by atoms with van der Waals surface area (Å²) in [4.78, 5) is 28.3. The lowest BCUT2D eigenvalue weighted by atomic mass is 10.1. The molecule has 0 unspecified atom stereocenters. The molecule has 0 radical (unpaired) electrons. The molecule has 0 fully saturated rings. The van der Waals surface area contributed by atoms with Gasteiger partial charge in [-0.15, -0.1) is 0 Å². The summed E-state index contributed by atoms with van der Waals surface area (Å²) >= 11 is 12.1. The lowest BCUT2D eigenvalue weighted by molar-refractivity contribution is -0.146. The molecule has 7 heteroatoms. The van der Waals surface area contributed by atoms with E-state index in [-0.39, 0.29) is 23.9 Å². The Bertz CT molecular complexity index is 798. The van der Waals surface area contributed by atoms with Crippen LogP contribution in [0, 0.1) is 0 Å². The first-order valence-corrected chi connectivity index (χ1v) is 8.03. The minimum Gasteiger partial charge on any atom is -0.462 e. The van der Waals surface area contributed by atoms with Crippen LogP contribution in [0.1, 0.15) is 19.4 Å². The highest BCUT2D eigenvalue weighted by atomic mass is 35.5. The number of halogens is 2. The van der Waals surface area contributed by atoms with E-state index in [2.05, 4.69) is 4.98 Å². The maximum atomic E-state index is 12.0. The maximum Gasteiger partial charge on any atom is 0.345 e. The normalized spacial score (nSPS) is 10.3. The van der Waals surface area contributed by atoms with Crippen molar-refractivity contribution in [2.24, 2.45) is 0 Å². The molecule has 1 heterocycles. The average Bonchev–Trinajstić information content (AvgIpc) is 2.53. The van der Waals surface area contributed by atoms with Gasteiger partial charge < -0.3 is 9.47 Å². The van der Waals surface area contributed by atoms with E-state index in [9.17, 15) is 9.59 Å². The fourth-order valence-corrected chi connectivity index (χ4v) is 2.38. The zero-order valence-electron chi connectivity index (χ0n) is 13.1. The lowest BCUT2D eigenvalue weighted by Gasteiger charge is -2.08. The standard InChI is InChI=1S/C17H15Cl2NO4/c1-3-23-16(21)13(17(22)24-4-2)8-11-7-10-5-6-12(18)9-14(10)20-15(11)19/h5-9H,3-4H2,1-2H3. The van der Waals surface area contributed by atoms with Crippen LogP contribution in [0.15, 0.2) is 29.8 Å². The topological polar surface area (TPSA) is 65.5 Å². The number of carbonyl (C=O) groups excluding carboxylic acids is 2. The van der Waals surface area contributed by atoms with E-state index in [0.717, 1.165) is 5.39 Å². The Morgan fingerprint density at radius 1 is 1.08 bits per heavy atom. The predicted octanol–water partition coefficient (Wildman–Crippen LogP) is 4.05. The van der Waals surface area contributed by atoms with Gasteiger partial charge in [0.05, 0.1) is 18.7 Å². The molecule has 1 aromatic heterocycles. The van der Waals surface area contributed by atoms with Crippen LogP contribution in [-0.4, -0.2) is 30.1 Å². The second kappa shape index (κ2) is 8.13. The molecule has 0 amide bonds. The van der Waals surface area contributed by atoms with Gasteiger partial charge in [-0.2, -0.15) is 0 Å². The van der Waals surface area contributed by atoms with Crippen LogP contribution in [0.5, 0.6) is 0 Å². The molecule has 0 saturated carbocycles. The Kier molecular flexibility index (Phi) is 6.17. The van der Waals surface area contributed by atoms with E-state index in [0.29, 0.717) is 16.1 Å². The van der Waals surface area contributed by atoms with Crippen molar-refractivity contribution in [2.45, 2.75) is 13.8 Å². The molecule has 1 aromatic carbocycles. The van der Waals surface area contributed by atoms with Crippen LogP contribution < -0.4 is 0 Å². The SMILES string of the molecule is CCOC(=O)C(=Cc1cc2ccc(Cl)cc2nc1Cl)C(=O)OCC. The van der Waals surface area contributed by atoms with Crippen molar-refractivity contribution in [1.82, 2.24) is 4.98 Å². The van der Waals surface area contributed by atoms with Crippen molar-refractivity contribution < 1.29 is 19.1 Å². The van der Waals surface area contributed by atoms with Crippen molar-refractivity contribution in [1.29, 1.82) is 0 Å². The van der Waals surface area contributed by atoms with Crippen molar-refractivity contribution in [3.8, 4) is 0 Å². The zero-order chi connectivity index (χ0) is 17.7. The van der Waals surface area contributed by atoms with E-state index in [1.54, 1.807) is 38.1 Å². The highest BCUT2D eigenvalue weighted by Gasteiger charge is 2.21. The summed E-state index contributed by atoms with van der Waals surface area (Å²) in [6.07, 6.45) is 1.32. The fourth-order valence-electron chi connectivity index (χ4n) is 2.01. The van der Waals surface area contributed by atoms with Crippen LogP contribution in [-0.2, 0) is 19.1 Å². The highest BCUT2D eigenvalue weighted by Crippen LogP contribution is 2.25. The van der Waals surface area contributed by atoms with Crippen LogP contribution in [0.4, 0.5) is 0 Å². The summed E-state index contributed by atoms with van der Waals surface area (Å²) in [5.41, 5.74) is 0.775. The second-order valence-electron chi connectivity index (χ2n) is 4.70. The number of carbonyl (C=O) groups is 2. The van der Waals surface area contributed by atoms with Crippen LogP contribution in [0.25, 0.3) is 17.0 Å². The van der Waals surface area contributed by atoms with Crippen LogP contribution >= 0.6 is 23.2 Å². The summed E-state index contributed by atoms with van der Waals surface area (Å²) in [6, 6.07) is 6.87. The van der Waals surface area contributed by atoms with Crippen LogP contribution in [0.3, 0.4) is 0 Å². The number of ether oxygens (including phenoxy) is 2. The Balaban J connectivity index is 2.52. The molecule has 0 aliphatic carbocycles. The summed E-state index contributed by atoms with van der Waals surface area (Å²) < 4.78 is 9.80. The number of aromatic nitrogens is 1. The quantitative estimate of drug-likeness (QED) is 0.262. The average molecular weight is 368 g/mol. The molecule has 0 saturated heterocycles. The second-order valence-corrected chi connectivity index (χ2v) is 5.50. The number of hydrogen-bond acceptors (Lipinski definition) is 5. The summed E-state index contributed by atoms with van der Waals surface area (Å²) in [6.45, 7) is 3.57. The minimum atomic E-state index is -0.775. The first-order valence-electron chi connectivity index (χ1n) is 7.28. The first-order chi connectivity index (χ1) is 11.5. The zero-order valence-corrected chi connectivity index (χ0v) is 14.6. The van der Waals surface area contributed by atoms with Crippen molar-refractivity contribution in [3.63, 3.8) is 0 Å². The molecule has 0 bridgehead atoms. The molecule has 2 rings (SSSR count). The Labute approximate surface area is 149 Å². The molecular formula is C17H15Cl2NO4. The highest BCUT2D eigenvalue weighted by molar-refractivity contribution is 6.32. The molecule has 0 N–H and O–H groups in total. The molecule has 0 spiro atoms. The van der Waals surface area contributed by atoms with E-state index in [1.165, 1.54) is 6.08 Å². The number of rotatable bonds is 5. The van der Waals surface area contributed by atoms with Gasteiger partial charge in [-0.1, -0.05) is 29.3 Å². The van der Waals surface area contributed by atoms with Gasteiger partial charge in [-0.25, -0.2) is 14.6 Å². The number of benzene rings is 1. The van der Waals surface area contributed by atoms with Gasteiger partial charge in [-0.3, -0.25) is 0 Å². The van der Waals surface area contributed by atoms with Crippen molar-refractivity contribution in [2.75, 3.05) is 13.2 Å². The molecule has 126 valence electrons. The molecule has 24 heavy (non-hydrogen) atoms. The van der Waals surface area contributed by atoms with Crippen molar-refractivity contribution >= 4 is 52.1 Å². The molecule has 2 aromatic rings. The molecule has 0 atom stereocenters. The third kappa shape index (κ3) is 4.24. The van der Waals surface area contributed by atoms with Gasteiger partial charge in [0.2, 0.25) is 0 Å². The largest absolute Gasteiger partial charge is 0.462 e. The number of pyridine rings is 1. The molecule has 0 aliphatic rings. The number of esters is 2. The Morgan fingerprint density at radius 2 is 1.71 bits per heavy atom. The van der Waals surface area contributed by atoms with Gasteiger partial charge in [0.1, 0.15) is 10.7 Å². The predicted molar refractivity (Wildman–Crippen MR) is 93.0 cm³/mol. The first kappa shape index (κ1) is 18.2. The third-order valence-corrected chi connectivity index (χ3v) is 3.59. The summed E-state index contributed by atoms with van der Waals surface area (Å²) in [7, 11) is 0. The smallest absolute Gasteiger partial charge is 0.345 e. The number of hydrogen-bond donors (Lipinski definition) is 0. The van der Waals surface area contributed by atoms with Gasteiger partial charge in [0.15, 0.2) is 0 Å². The summed E-state index contributed by atoms with van der Waals surface area (Å²) in [5.74, 6) is -1.55. The van der Waals surface area contributed by atoms with E-state index >= 15 is 0 Å². The van der Waals surface area contributed by atoms with Gasteiger partial charge >= 0.3 is 11.9 Å². The van der Waals surface area contributed by atoms with Gasteiger partial charge in [0.25, 0.3) is 0 Å².